The number of hydrogen-bond acceptors (Lipinski definition) is 5. The van der Waals surface area contributed by atoms with Crippen molar-refractivity contribution < 1.29 is 24.5 Å². The van der Waals surface area contributed by atoms with Gasteiger partial charge in [-0.15, -0.1) is 0 Å². The summed E-state index contributed by atoms with van der Waals surface area (Å²) >= 11 is 0. The normalized spacial score (nSPS) is 12.7. The van der Waals surface area contributed by atoms with Crippen molar-refractivity contribution in [3.63, 3.8) is 0 Å². The van der Waals surface area contributed by atoms with Crippen LogP contribution in [0.3, 0.4) is 0 Å². The Hall–Kier alpha value is -1.66. The maximum absolute atomic E-state index is 12.5. The average Bonchev–Trinajstić information content (AvgIpc) is 3.33. The molecule has 0 heterocycles. The minimum absolute atomic E-state index is 0.0106. The van der Waals surface area contributed by atoms with Gasteiger partial charge >= 0.3 is 5.97 Å². The van der Waals surface area contributed by atoms with Crippen LogP contribution in [-0.2, 0) is 14.3 Å². The van der Waals surface area contributed by atoms with Crippen LogP contribution in [0.25, 0.3) is 0 Å². The summed E-state index contributed by atoms with van der Waals surface area (Å²) in [5.41, 5.74) is 0. The van der Waals surface area contributed by atoms with Gasteiger partial charge in [0.2, 0.25) is 5.91 Å². The Kier molecular flexibility index (Phi) is 55.5. The third kappa shape index (κ3) is 53.5. The van der Waals surface area contributed by atoms with Gasteiger partial charge < -0.3 is 20.3 Å². The van der Waals surface area contributed by atoms with Gasteiger partial charge in [-0.3, -0.25) is 9.59 Å². The van der Waals surface area contributed by atoms with Gasteiger partial charge in [0.1, 0.15) is 0 Å². The van der Waals surface area contributed by atoms with Crippen LogP contribution in [0.15, 0.2) is 24.3 Å². The molecule has 0 bridgehead atoms. The quantitative estimate of drug-likeness (QED) is 0.0321. The van der Waals surface area contributed by atoms with Crippen molar-refractivity contribution in [3.05, 3.63) is 24.3 Å². The molecule has 3 N–H and O–H groups in total. The van der Waals surface area contributed by atoms with Gasteiger partial charge in [0.15, 0.2) is 0 Å². The fourth-order valence-corrected chi connectivity index (χ4v) is 9.34. The number of rotatable bonds is 56. The molecule has 0 aliphatic heterocycles. The fourth-order valence-electron chi connectivity index (χ4n) is 9.34. The number of carbonyl (C=O) groups excluding carboxylic acids is 2. The van der Waals surface area contributed by atoms with E-state index in [0.29, 0.717) is 19.4 Å². The highest BCUT2D eigenvalue weighted by Gasteiger charge is 2.18. The number of hydrogen-bond donors (Lipinski definition) is 3. The van der Waals surface area contributed by atoms with E-state index in [0.717, 1.165) is 57.8 Å². The minimum atomic E-state index is -0.855. The first-order valence-electron chi connectivity index (χ1n) is 30.1. The molecular weight excluding hydrogens is 827 g/mol. The number of aliphatic hydroxyl groups excluding tert-OH is 2. The molecule has 6 nitrogen and oxygen atoms in total. The molecule has 0 fully saturated rings. The molecule has 0 aliphatic carbocycles. The zero-order chi connectivity index (χ0) is 48.6. The maximum atomic E-state index is 12.5. The summed E-state index contributed by atoms with van der Waals surface area (Å²) in [6.45, 7) is 4.89. The molecule has 0 aromatic heterocycles. The van der Waals surface area contributed by atoms with Crippen LogP contribution >= 0.6 is 0 Å². The van der Waals surface area contributed by atoms with Crippen LogP contribution in [0.2, 0.25) is 0 Å². The molecule has 0 spiro atoms. The Morgan fingerprint density at radius 1 is 0.403 bits per heavy atom. The van der Waals surface area contributed by atoms with Gasteiger partial charge in [-0.2, -0.15) is 0 Å². The van der Waals surface area contributed by atoms with Gasteiger partial charge in [0, 0.05) is 12.8 Å². The molecule has 1 amide bonds. The van der Waals surface area contributed by atoms with E-state index in [1.54, 1.807) is 6.08 Å². The van der Waals surface area contributed by atoms with Gasteiger partial charge in [0.05, 0.1) is 25.4 Å². The summed E-state index contributed by atoms with van der Waals surface area (Å²) in [5, 5.41) is 23.2. The van der Waals surface area contributed by atoms with Crippen LogP contribution in [0.5, 0.6) is 0 Å². The molecule has 0 radical (unpaired) electrons. The van der Waals surface area contributed by atoms with E-state index in [2.05, 4.69) is 31.3 Å². The van der Waals surface area contributed by atoms with E-state index >= 15 is 0 Å². The number of ether oxygens (including phenoxy) is 1. The molecule has 396 valence electrons. The van der Waals surface area contributed by atoms with Crippen molar-refractivity contribution in [2.45, 2.75) is 341 Å². The van der Waals surface area contributed by atoms with Gasteiger partial charge in [-0.1, -0.05) is 282 Å². The molecule has 0 rings (SSSR count). The van der Waals surface area contributed by atoms with E-state index in [4.69, 9.17) is 4.74 Å². The molecule has 0 saturated carbocycles. The predicted octanol–water partition coefficient (Wildman–Crippen LogP) is 18.6. The number of esters is 1. The summed E-state index contributed by atoms with van der Waals surface area (Å²) in [6.07, 6.45) is 69.1. The monoisotopic (exact) mass is 944 g/mol. The lowest BCUT2D eigenvalue weighted by Gasteiger charge is -2.20. The number of aliphatic hydroxyl groups is 2. The first-order chi connectivity index (χ1) is 33.0. The number of unbranched alkanes of at least 4 members (excludes halogenated alkanes) is 43. The number of amides is 1. The summed E-state index contributed by atoms with van der Waals surface area (Å²) in [6, 6.07) is -0.640. The molecule has 2 unspecified atom stereocenters. The Morgan fingerprint density at radius 3 is 1.06 bits per heavy atom. The van der Waals surface area contributed by atoms with E-state index in [-0.39, 0.29) is 18.5 Å². The lowest BCUT2D eigenvalue weighted by atomic mass is 10.0. The zero-order valence-electron chi connectivity index (χ0n) is 45.1. The van der Waals surface area contributed by atoms with E-state index in [9.17, 15) is 19.8 Å². The lowest BCUT2D eigenvalue weighted by Crippen LogP contribution is -2.45. The second-order valence-electron chi connectivity index (χ2n) is 20.7. The largest absolute Gasteiger partial charge is 0.466 e. The first kappa shape index (κ1) is 65.3. The topological polar surface area (TPSA) is 95.9 Å². The summed E-state index contributed by atoms with van der Waals surface area (Å²) in [7, 11) is 0. The van der Waals surface area contributed by atoms with E-state index in [1.165, 1.54) is 244 Å². The number of allylic oxidation sites excluding steroid dienone is 3. The van der Waals surface area contributed by atoms with Crippen molar-refractivity contribution in [3.8, 4) is 0 Å². The van der Waals surface area contributed by atoms with Crippen LogP contribution in [-0.4, -0.2) is 47.4 Å². The molecule has 67 heavy (non-hydrogen) atoms. The molecule has 0 saturated heterocycles. The highest BCUT2D eigenvalue weighted by Crippen LogP contribution is 2.17. The SMILES string of the molecule is CCCCCCCC/C=C\CCCCCCCCCCCC(=O)OCCCCCCCCCCCCCCC(=O)NC(CO)C(O)/C=C/CCCCCCCCCCCCCCCCCCC. The third-order valence-corrected chi connectivity index (χ3v) is 14.0. The minimum Gasteiger partial charge on any atom is -0.466 e. The lowest BCUT2D eigenvalue weighted by molar-refractivity contribution is -0.143. The predicted molar refractivity (Wildman–Crippen MR) is 292 cm³/mol. The van der Waals surface area contributed by atoms with Crippen molar-refractivity contribution in [2.24, 2.45) is 0 Å². The standard InChI is InChI=1S/C61H117NO5/c1-3-5-7-9-11-13-15-17-19-21-23-25-27-29-33-37-41-45-49-53-59(64)58(57-63)62-60(65)54-50-46-42-38-34-31-32-36-40-44-48-52-56-67-61(66)55-51-47-43-39-35-30-28-26-24-22-20-18-16-14-12-10-8-6-4-2/h18,20,49,53,58-59,63-64H,3-17,19,21-48,50-52,54-57H2,1-2H3,(H,62,65)/b20-18-,53-49+. The van der Waals surface area contributed by atoms with Gasteiger partial charge in [-0.25, -0.2) is 0 Å². The Balaban J connectivity index is 3.47. The average molecular weight is 945 g/mol. The molecule has 0 aliphatic rings. The maximum Gasteiger partial charge on any atom is 0.305 e. The van der Waals surface area contributed by atoms with Crippen LogP contribution < -0.4 is 5.32 Å². The molecule has 2 atom stereocenters. The highest BCUT2D eigenvalue weighted by molar-refractivity contribution is 5.76. The van der Waals surface area contributed by atoms with Crippen molar-refractivity contribution in [1.82, 2.24) is 5.32 Å². The first-order valence-corrected chi connectivity index (χ1v) is 30.1. The number of nitrogens with one attached hydrogen (secondary N) is 1. The third-order valence-electron chi connectivity index (χ3n) is 14.0. The molecule has 0 aromatic rings. The Bertz CT molecular complexity index is 1040. The van der Waals surface area contributed by atoms with Crippen molar-refractivity contribution in [1.29, 1.82) is 0 Å². The van der Waals surface area contributed by atoms with Gasteiger partial charge in [-0.05, 0) is 57.8 Å². The van der Waals surface area contributed by atoms with Crippen molar-refractivity contribution in [2.75, 3.05) is 13.2 Å². The molecule has 6 heteroatoms. The summed E-state index contributed by atoms with van der Waals surface area (Å²) < 4.78 is 5.48. The van der Waals surface area contributed by atoms with Crippen molar-refractivity contribution >= 4 is 11.9 Å². The second-order valence-corrected chi connectivity index (χ2v) is 20.7. The Labute approximate surface area is 418 Å². The van der Waals surface area contributed by atoms with Crippen LogP contribution in [0.1, 0.15) is 328 Å². The van der Waals surface area contributed by atoms with E-state index in [1.807, 2.05) is 6.08 Å². The fraction of sp³-hybridized carbons (Fsp3) is 0.902. The van der Waals surface area contributed by atoms with Crippen LogP contribution in [0, 0.1) is 0 Å². The smallest absolute Gasteiger partial charge is 0.305 e. The molecular formula is C61H117NO5. The summed E-state index contributed by atoms with van der Waals surface area (Å²) in [4.78, 5) is 24.6. The number of carbonyl (C=O) groups is 2. The van der Waals surface area contributed by atoms with Crippen LogP contribution in [0.4, 0.5) is 0 Å². The van der Waals surface area contributed by atoms with Gasteiger partial charge in [0.25, 0.3) is 0 Å². The molecule has 0 aromatic carbocycles. The second kappa shape index (κ2) is 56.9. The van der Waals surface area contributed by atoms with E-state index < -0.39 is 12.1 Å². The summed E-state index contributed by atoms with van der Waals surface area (Å²) in [5.74, 6) is -0.0915. The Morgan fingerprint density at radius 2 is 0.701 bits per heavy atom. The zero-order valence-corrected chi connectivity index (χ0v) is 45.1. The highest BCUT2D eigenvalue weighted by atomic mass is 16.5.